The van der Waals surface area contributed by atoms with Gasteiger partial charge in [-0.2, -0.15) is 18.4 Å². The summed E-state index contributed by atoms with van der Waals surface area (Å²) >= 11 is 0. The van der Waals surface area contributed by atoms with Crippen LogP contribution in [0.25, 0.3) is 11.1 Å². The van der Waals surface area contributed by atoms with Gasteiger partial charge in [0, 0.05) is 29.4 Å². The van der Waals surface area contributed by atoms with Crippen LogP contribution >= 0.6 is 0 Å². The fourth-order valence-corrected chi connectivity index (χ4v) is 5.20. The number of fused-ring (bicyclic) bond motifs is 4. The number of carboxylic acids is 1. The largest absolute Gasteiger partial charge is 0.490 e. The number of aliphatic carboxylic acids is 1. The molecule has 1 saturated carbocycles. The molecule has 1 aliphatic carbocycles. The molecule has 3 heterocycles. The summed E-state index contributed by atoms with van der Waals surface area (Å²) in [6.07, 6.45) is 1.35. The molecule has 5 rings (SSSR count). The lowest BCUT2D eigenvalue weighted by molar-refractivity contribution is -0.192. The van der Waals surface area contributed by atoms with Gasteiger partial charge in [0.1, 0.15) is 30.1 Å². The van der Waals surface area contributed by atoms with Gasteiger partial charge < -0.3 is 25.1 Å². The van der Waals surface area contributed by atoms with Crippen LogP contribution in [0.4, 0.5) is 13.2 Å². The summed E-state index contributed by atoms with van der Waals surface area (Å²) in [5.41, 5.74) is 8.75. The summed E-state index contributed by atoms with van der Waals surface area (Å²) in [6, 6.07) is 10.3. The van der Waals surface area contributed by atoms with E-state index in [-0.39, 0.29) is 30.3 Å². The van der Waals surface area contributed by atoms with E-state index in [1.54, 1.807) is 12.4 Å². The van der Waals surface area contributed by atoms with E-state index in [0.717, 1.165) is 41.7 Å². The first kappa shape index (κ1) is 27.2. The topological polar surface area (TPSA) is 140 Å². The first-order chi connectivity index (χ1) is 17.9. The Hall–Kier alpha value is -3.85. The van der Waals surface area contributed by atoms with E-state index in [2.05, 4.69) is 31.0 Å². The highest BCUT2D eigenvalue weighted by molar-refractivity contribution is 5.75. The van der Waals surface area contributed by atoms with Crippen molar-refractivity contribution in [3.63, 3.8) is 0 Å². The second kappa shape index (κ2) is 10.5. The Balaban J connectivity index is 0.000000426. The Morgan fingerprint density at radius 1 is 1.26 bits per heavy atom. The van der Waals surface area contributed by atoms with Crippen LogP contribution in [0, 0.1) is 17.2 Å². The molecule has 12 heteroatoms. The normalized spacial score (nSPS) is 25.6. The Bertz CT molecular complexity index is 1280. The molecular weight excluding hydrogens is 505 g/mol. The maximum absolute atomic E-state index is 10.6. The van der Waals surface area contributed by atoms with Crippen molar-refractivity contribution in [3.05, 3.63) is 47.8 Å². The lowest BCUT2D eigenvalue weighted by Crippen LogP contribution is -2.52. The van der Waals surface area contributed by atoms with Crippen molar-refractivity contribution >= 4 is 12.0 Å². The van der Waals surface area contributed by atoms with Crippen LogP contribution in [0.2, 0.25) is 0 Å². The number of hydrogen-bond acceptors (Lipinski definition) is 8. The number of nitrogens with zero attached hydrogens (tertiary/aromatic N) is 3. The van der Waals surface area contributed by atoms with Gasteiger partial charge in [0.2, 0.25) is 0 Å². The molecule has 4 atom stereocenters. The van der Waals surface area contributed by atoms with Gasteiger partial charge in [-0.05, 0) is 56.9 Å². The fourth-order valence-electron chi connectivity index (χ4n) is 5.20. The number of carbonyl (C=O) groups is 1. The quantitative estimate of drug-likeness (QED) is 0.601. The van der Waals surface area contributed by atoms with E-state index >= 15 is 0 Å². The zero-order chi connectivity index (χ0) is 27.7. The van der Waals surface area contributed by atoms with Crippen LogP contribution in [0.3, 0.4) is 0 Å². The predicted molar refractivity (Wildman–Crippen MR) is 129 cm³/mol. The second-order valence-corrected chi connectivity index (χ2v) is 9.63. The third kappa shape index (κ3) is 5.52. The molecule has 0 unspecified atom stereocenters. The number of alkyl halides is 3. The van der Waals surface area contributed by atoms with Crippen LogP contribution in [0.1, 0.15) is 44.2 Å². The van der Waals surface area contributed by atoms with Crippen molar-refractivity contribution in [2.75, 3.05) is 6.61 Å². The van der Waals surface area contributed by atoms with Crippen molar-refractivity contribution < 1.29 is 37.3 Å². The number of ether oxygens (including phenoxy) is 3. The number of amidine groups is 1. The zero-order valence-corrected chi connectivity index (χ0v) is 20.7. The standard InChI is InChI=1S/C24H26N4O3.C2HF3O2/c1-14(2)30-18-4-6-22-20(9-18)24(13-29-23(26)28-24)19-8-16(3-5-21(19)31-22)17-7-15(10-25)11-27-12-17;3-2(4,5)1(6)7/h3,5,7-8,11-12,14,18,20,22H,4,6,9,13H2,1-2H3,(H2,26,28);(H,6,7)/t18-,20-,22-,24-;/m0./s1. The van der Waals surface area contributed by atoms with E-state index in [0.29, 0.717) is 12.2 Å². The molecule has 0 saturated heterocycles. The van der Waals surface area contributed by atoms with Gasteiger partial charge in [-0.25, -0.2) is 9.79 Å². The third-order valence-electron chi connectivity index (χ3n) is 6.73. The first-order valence-electron chi connectivity index (χ1n) is 12.0. The highest BCUT2D eigenvalue weighted by Gasteiger charge is 2.55. The monoisotopic (exact) mass is 532 g/mol. The first-order valence-corrected chi connectivity index (χ1v) is 12.0. The molecule has 1 aromatic carbocycles. The highest BCUT2D eigenvalue weighted by Crippen LogP contribution is 2.53. The summed E-state index contributed by atoms with van der Waals surface area (Å²) < 4.78 is 50.1. The van der Waals surface area contributed by atoms with Crippen molar-refractivity contribution in [2.45, 2.75) is 63.1 Å². The molecule has 38 heavy (non-hydrogen) atoms. The van der Waals surface area contributed by atoms with E-state index in [1.807, 2.05) is 18.2 Å². The lowest BCUT2D eigenvalue weighted by atomic mass is 9.67. The summed E-state index contributed by atoms with van der Waals surface area (Å²) in [4.78, 5) is 18.0. The predicted octanol–water partition coefficient (Wildman–Crippen LogP) is 4.15. The average Bonchev–Trinajstić information content (AvgIpc) is 3.26. The van der Waals surface area contributed by atoms with Gasteiger partial charge in [-0.3, -0.25) is 4.98 Å². The van der Waals surface area contributed by atoms with E-state index < -0.39 is 17.7 Å². The molecule has 2 aromatic rings. The molecule has 1 aromatic heterocycles. The number of aromatic nitrogens is 1. The lowest BCUT2D eigenvalue weighted by Gasteiger charge is -2.48. The second-order valence-electron chi connectivity index (χ2n) is 9.63. The molecule has 1 fully saturated rings. The van der Waals surface area contributed by atoms with Crippen molar-refractivity contribution in [2.24, 2.45) is 16.6 Å². The molecule has 9 nitrogen and oxygen atoms in total. The summed E-state index contributed by atoms with van der Waals surface area (Å²) in [6.45, 7) is 4.53. The van der Waals surface area contributed by atoms with Gasteiger partial charge in [0.05, 0.1) is 17.8 Å². The van der Waals surface area contributed by atoms with Crippen LogP contribution in [-0.4, -0.2) is 53.2 Å². The Morgan fingerprint density at radius 2 is 2.00 bits per heavy atom. The average molecular weight is 533 g/mol. The molecule has 0 bridgehead atoms. The number of aliphatic imine (C=N–C) groups is 1. The van der Waals surface area contributed by atoms with Crippen LogP contribution < -0.4 is 10.5 Å². The molecule has 2 aliphatic heterocycles. The summed E-state index contributed by atoms with van der Waals surface area (Å²) in [5, 5.41) is 16.4. The Morgan fingerprint density at radius 3 is 2.61 bits per heavy atom. The Kier molecular flexibility index (Phi) is 7.51. The number of pyridine rings is 1. The molecule has 202 valence electrons. The minimum Gasteiger partial charge on any atom is -0.490 e. The maximum Gasteiger partial charge on any atom is 0.490 e. The number of hydrogen-bond donors (Lipinski definition) is 2. The van der Waals surface area contributed by atoms with Crippen molar-refractivity contribution in [1.29, 1.82) is 5.26 Å². The van der Waals surface area contributed by atoms with Gasteiger partial charge in [-0.15, -0.1) is 0 Å². The van der Waals surface area contributed by atoms with Gasteiger partial charge in [0.15, 0.2) is 0 Å². The highest BCUT2D eigenvalue weighted by atomic mass is 19.4. The van der Waals surface area contributed by atoms with Gasteiger partial charge >= 0.3 is 12.1 Å². The molecule has 0 radical (unpaired) electrons. The molecule has 1 spiro atoms. The summed E-state index contributed by atoms with van der Waals surface area (Å²) in [7, 11) is 0. The smallest absolute Gasteiger partial charge is 0.490 e. The summed E-state index contributed by atoms with van der Waals surface area (Å²) in [5.74, 6) is -1.83. The number of carboxylic acid groups (broad SMARTS) is 1. The molecular formula is C26H27F3N4O5. The van der Waals surface area contributed by atoms with E-state index in [4.69, 9.17) is 34.8 Å². The van der Waals surface area contributed by atoms with Gasteiger partial charge in [-0.1, -0.05) is 6.07 Å². The third-order valence-corrected chi connectivity index (χ3v) is 6.73. The minimum absolute atomic E-state index is 0.0483. The number of benzene rings is 1. The number of nitrogens with two attached hydrogens (primary N) is 1. The van der Waals surface area contributed by atoms with E-state index in [1.165, 1.54) is 0 Å². The maximum atomic E-state index is 10.6. The van der Waals surface area contributed by atoms with Crippen LogP contribution in [0.15, 0.2) is 41.7 Å². The zero-order valence-electron chi connectivity index (χ0n) is 20.7. The molecule has 3 N–H and O–H groups in total. The molecule has 0 amide bonds. The minimum atomic E-state index is -5.08. The Labute approximate surface area is 217 Å². The van der Waals surface area contributed by atoms with Crippen LogP contribution in [0.5, 0.6) is 5.75 Å². The van der Waals surface area contributed by atoms with Crippen LogP contribution in [-0.2, 0) is 19.8 Å². The van der Waals surface area contributed by atoms with Crippen molar-refractivity contribution in [3.8, 4) is 22.9 Å². The SMILES string of the molecule is CC(C)O[C@H]1CC[C@@H]2Oc3ccc(-c4cncc(C#N)c4)cc3[C@@]3(COC(N)=N3)[C@H]2C1.O=C(O)C(F)(F)F. The van der Waals surface area contributed by atoms with Gasteiger partial charge in [0.25, 0.3) is 6.02 Å². The fraction of sp³-hybridized carbons (Fsp3) is 0.462. The number of halogens is 3. The van der Waals surface area contributed by atoms with Crippen molar-refractivity contribution in [1.82, 2.24) is 4.98 Å². The molecule has 3 aliphatic rings. The number of nitriles is 1. The van der Waals surface area contributed by atoms with E-state index in [9.17, 15) is 18.4 Å². The number of rotatable bonds is 3.